The summed E-state index contributed by atoms with van der Waals surface area (Å²) in [6, 6.07) is 0. The van der Waals surface area contributed by atoms with Crippen molar-refractivity contribution in [2.75, 3.05) is 5.88 Å². The molecule has 0 aromatic rings. The Balaban J connectivity index is 2.67. The van der Waals surface area contributed by atoms with Crippen molar-refractivity contribution in [2.24, 2.45) is 17.3 Å². The molecule has 2 unspecified atom stereocenters. The SMILES string of the molecule is CCCC(CC)C(CCCl)CC1(C)CCCCCCCC1. The zero-order chi connectivity index (χ0) is 15.6. The van der Waals surface area contributed by atoms with E-state index in [4.69, 9.17) is 11.6 Å². The third-order valence-electron chi connectivity index (χ3n) is 5.90. The molecule has 0 nitrogen and oxygen atoms in total. The maximum absolute atomic E-state index is 6.15. The van der Waals surface area contributed by atoms with Crippen molar-refractivity contribution in [3.63, 3.8) is 0 Å². The molecule has 0 bridgehead atoms. The lowest BCUT2D eigenvalue weighted by Gasteiger charge is -2.37. The average Bonchev–Trinajstić information content (AvgIpc) is 2.57. The maximum atomic E-state index is 6.15. The molecule has 0 amide bonds. The van der Waals surface area contributed by atoms with E-state index in [0.29, 0.717) is 5.41 Å². The highest BCUT2D eigenvalue weighted by molar-refractivity contribution is 6.17. The van der Waals surface area contributed by atoms with Gasteiger partial charge in [0.15, 0.2) is 0 Å². The van der Waals surface area contributed by atoms with Gasteiger partial charge in [-0.1, -0.05) is 78.6 Å². The van der Waals surface area contributed by atoms with Crippen molar-refractivity contribution < 1.29 is 0 Å². The molecule has 0 N–H and O–H groups in total. The quantitative estimate of drug-likeness (QED) is 0.405. The second-order valence-electron chi connectivity index (χ2n) is 7.83. The van der Waals surface area contributed by atoms with Gasteiger partial charge < -0.3 is 0 Å². The highest BCUT2D eigenvalue weighted by Crippen LogP contribution is 2.42. The molecule has 0 aliphatic heterocycles. The molecule has 0 heterocycles. The van der Waals surface area contributed by atoms with Gasteiger partial charge in [-0.2, -0.15) is 0 Å². The molecule has 2 atom stereocenters. The van der Waals surface area contributed by atoms with Crippen LogP contribution < -0.4 is 0 Å². The predicted octanol–water partition coefficient (Wildman–Crippen LogP) is 7.59. The molecule has 21 heavy (non-hydrogen) atoms. The topological polar surface area (TPSA) is 0 Å². The van der Waals surface area contributed by atoms with Crippen molar-refractivity contribution in [3.05, 3.63) is 0 Å². The average molecular weight is 315 g/mol. The monoisotopic (exact) mass is 314 g/mol. The minimum Gasteiger partial charge on any atom is -0.127 e. The molecule has 0 saturated heterocycles. The van der Waals surface area contributed by atoms with Crippen LogP contribution in [0.1, 0.15) is 104 Å². The van der Waals surface area contributed by atoms with Crippen LogP contribution in [0.4, 0.5) is 0 Å². The Morgan fingerprint density at radius 3 is 1.90 bits per heavy atom. The van der Waals surface area contributed by atoms with Crippen LogP contribution in [0.2, 0.25) is 0 Å². The summed E-state index contributed by atoms with van der Waals surface area (Å²) in [5, 5.41) is 0. The zero-order valence-electron chi connectivity index (χ0n) is 14.9. The van der Waals surface area contributed by atoms with Crippen molar-refractivity contribution in [1.29, 1.82) is 0 Å². The predicted molar refractivity (Wildman–Crippen MR) is 97.2 cm³/mol. The van der Waals surface area contributed by atoms with Gasteiger partial charge in [0.2, 0.25) is 0 Å². The number of rotatable bonds is 8. The first-order valence-electron chi connectivity index (χ1n) is 9.71. The van der Waals surface area contributed by atoms with E-state index in [0.717, 1.165) is 17.7 Å². The Hall–Kier alpha value is 0.290. The lowest BCUT2D eigenvalue weighted by atomic mass is 9.69. The molecular formula is C20H39Cl. The number of alkyl halides is 1. The molecule has 1 rings (SSSR count). The normalized spacial score (nSPS) is 22.9. The molecule has 1 fully saturated rings. The van der Waals surface area contributed by atoms with E-state index >= 15 is 0 Å². The Kier molecular flexibility index (Phi) is 10.1. The van der Waals surface area contributed by atoms with E-state index in [-0.39, 0.29) is 0 Å². The van der Waals surface area contributed by atoms with Gasteiger partial charge in [0.25, 0.3) is 0 Å². The van der Waals surface area contributed by atoms with Crippen LogP contribution in [0.15, 0.2) is 0 Å². The van der Waals surface area contributed by atoms with Gasteiger partial charge in [0.1, 0.15) is 0 Å². The summed E-state index contributed by atoms with van der Waals surface area (Å²) in [6.07, 6.45) is 18.4. The minimum absolute atomic E-state index is 0.586. The summed E-state index contributed by atoms with van der Waals surface area (Å²) in [6.45, 7) is 7.30. The van der Waals surface area contributed by atoms with Crippen LogP contribution in [0.3, 0.4) is 0 Å². The van der Waals surface area contributed by atoms with Gasteiger partial charge in [0, 0.05) is 5.88 Å². The van der Waals surface area contributed by atoms with Gasteiger partial charge in [-0.15, -0.1) is 11.6 Å². The maximum Gasteiger partial charge on any atom is 0.0226 e. The minimum atomic E-state index is 0.586. The first kappa shape index (κ1) is 19.3. The molecule has 0 spiro atoms. The Morgan fingerprint density at radius 1 is 0.857 bits per heavy atom. The van der Waals surface area contributed by atoms with E-state index in [1.165, 1.54) is 83.5 Å². The number of halogens is 1. The van der Waals surface area contributed by atoms with Gasteiger partial charge in [-0.25, -0.2) is 0 Å². The Bertz CT molecular complexity index is 238. The molecule has 0 aromatic carbocycles. The highest BCUT2D eigenvalue weighted by atomic mass is 35.5. The first-order chi connectivity index (χ1) is 10.1. The molecule has 1 saturated carbocycles. The first-order valence-corrected chi connectivity index (χ1v) is 10.2. The molecule has 1 heteroatoms. The zero-order valence-corrected chi connectivity index (χ0v) is 15.7. The van der Waals surface area contributed by atoms with E-state index < -0.39 is 0 Å². The summed E-state index contributed by atoms with van der Waals surface area (Å²) in [7, 11) is 0. The fourth-order valence-corrected chi connectivity index (χ4v) is 4.84. The number of hydrogen-bond acceptors (Lipinski definition) is 0. The lowest BCUT2D eigenvalue weighted by Crippen LogP contribution is -2.26. The van der Waals surface area contributed by atoms with E-state index in [1.807, 2.05) is 0 Å². The third kappa shape index (κ3) is 7.40. The van der Waals surface area contributed by atoms with Crippen LogP contribution in [-0.4, -0.2) is 5.88 Å². The summed E-state index contributed by atoms with van der Waals surface area (Å²) >= 11 is 6.15. The highest BCUT2D eigenvalue weighted by Gasteiger charge is 2.30. The number of hydrogen-bond donors (Lipinski definition) is 0. The Morgan fingerprint density at radius 2 is 1.43 bits per heavy atom. The molecule has 0 aromatic heterocycles. The van der Waals surface area contributed by atoms with Crippen molar-refractivity contribution in [2.45, 2.75) is 104 Å². The van der Waals surface area contributed by atoms with Crippen molar-refractivity contribution in [1.82, 2.24) is 0 Å². The summed E-state index contributed by atoms with van der Waals surface area (Å²) in [5.41, 5.74) is 0.586. The molecular weight excluding hydrogens is 276 g/mol. The third-order valence-corrected chi connectivity index (χ3v) is 6.11. The van der Waals surface area contributed by atoms with Crippen LogP contribution in [0, 0.1) is 17.3 Å². The van der Waals surface area contributed by atoms with Gasteiger partial charge in [0.05, 0.1) is 0 Å². The van der Waals surface area contributed by atoms with Crippen LogP contribution in [0.5, 0.6) is 0 Å². The smallest absolute Gasteiger partial charge is 0.0226 e. The molecule has 126 valence electrons. The molecule has 0 radical (unpaired) electrons. The standard InChI is InChI=1S/C20H39Cl/c1-4-12-18(5-2)19(13-16-21)17-20(3)14-10-8-6-7-9-11-15-20/h18-19H,4-17H2,1-3H3. The van der Waals surface area contributed by atoms with Crippen LogP contribution in [0.25, 0.3) is 0 Å². The molecule has 1 aliphatic rings. The Labute approximate surface area is 139 Å². The largest absolute Gasteiger partial charge is 0.127 e. The fourth-order valence-electron chi connectivity index (χ4n) is 4.56. The van der Waals surface area contributed by atoms with Gasteiger partial charge >= 0.3 is 0 Å². The van der Waals surface area contributed by atoms with E-state index in [2.05, 4.69) is 20.8 Å². The molecule has 1 aliphatic carbocycles. The van der Waals surface area contributed by atoms with Crippen molar-refractivity contribution in [3.8, 4) is 0 Å². The second kappa shape index (κ2) is 10.9. The van der Waals surface area contributed by atoms with Crippen LogP contribution >= 0.6 is 11.6 Å². The van der Waals surface area contributed by atoms with Gasteiger partial charge in [-0.3, -0.25) is 0 Å². The fraction of sp³-hybridized carbons (Fsp3) is 1.00. The van der Waals surface area contributed by atoms with Gasteiger partial charge in [-0.05, 0) is 42.9 Å². The van der Waals surface area contributed by atoms with E-state index in [9.17, 15) is 0 Å². The summed E-state index contributed by atoms with van der Waals surface area (Å²) in [5.74, 6) is 2.61. The lowest BCUT2D eigenvalue weighted by molar-refractivity contribution is 0.148. The summed E-state index contributed by atoms with van der Waals surface area (Å²) in [4.78, 5) is 0. The second-order valence-corrected chi connectivity index (χ2v) is 8.21. The summed E-state index contributed by atoms with van der Waals surface area (Å²) < 4.78 is 0. The van der Waals surface area contributed by atoms with E-state index in [1.54, 1.807) is 0 Å². The van der Waals surface area contributed by atoms with Crippen LogP contribution in [-0.2, 0) is 0 Å². The van der Waals surface area contributed by atoms with Crippen molar-refractivity contribution >= 4 is 11.6 Å².